The standard InChI is InChI=1S/C15H13FN4O/c16-14-9-13(4-7-19-14)15(21)20(8-2-5-17)11-12-3-1-6-18-10-12/h1,3-4,6-7,9-10H,2,8,11H2. The zero-order valence-corrected chi connectivity index (χ0v) is 11.2. The predicted octanol–water partition coefficient (Wildman–Crippen LogP) is 2.17. The summed E-state index contributed by atoms with van der Waals surface area (Å²) in [5.74, 6) is -1.04. The van der Waals surface area contributed by atoms with E-state index in [1.54, 1.807) is 18.5 Å². The molecule has 6 heteroatoms. The maximum absolute atomic E-state index is 13.1. The van der Waals surface area contributed by atoms with Gasteiger partial charge in [0.15, 0.2) is 0 Å². The molecule has 0 N–H and O–H groups in total. The van der Waals surface area contributed by atoms with E-state index in [0.29, 0.717) is 6.54 Å². The molecule has 0 radical (unpaired) electrons. The number of halogens is 1. The van der Waals surface area contributed by atoms with Gasteiger partial charge < -0.3 is 4.90 Å². The minimum absolute atomic E-state index is 0.208. The second-order valence-corrected chi connectivity index (χ2v) is 4.36. The van der Waals surface area contributed by atoms with E-state index in [-0.39, 0.29) is 24.4 Å². The van der Waals surface area contributed by atoms with Crippen LogP contribution < -0.4 is 0 Å². The van der Waals surface area contributed by atoms with Gasteiger partial charge in [0.05, 0.1) is 12.5 Å². The number of amides is 1. The molecule has 2 rings (SSSR count). The SMILES string of the molecule is N#CCCN(Cc1cccnc1)C(=O)c1ccnc(F)c1. The third kappa shape index (κ3) is 4.08. The van der Waals surface area contributed by atoms with E-state index in [9.17, 15) is 9.18 Å². The number of aromatic nitrogens is 2. The van der Waals surface area contributed by atoms with Gasteiger partial charge in [0.2, 0.25) is 5.95 Å². The molecule has 0 atom stereocenters. The summed E-state index contributed by atoms with van der Waals surface area (Å²) < 4.78 is 13.1. The predicted molar refractivity (Wildman–Crippen MR) is 73.4 cm³/mol. The smallest absolute Gasteiger partial charge is 0.254 e. The Morgan fingerprint density at radius 1 is 1.38 bits per heavy atom. The Hall–Kier alpha value is -2.81. The minimum Gasteiger partial charge on any atom is -0.333 e. The zero-order valence-electron chi connectivity index (χ0n) is 11.2. The highest BCUT2D eigenvalue weighted by Crippen LogP contribution is 2.10. The van der Waals surface area contributed by atoms with Crippen molar-refractivity contribution >= 4 is 5.91 Å². The molecule has 0 saturated heterocycles. The van der Waals surface area contributed by atoms with Crippen molar-refractivity contribution in [1.82, 2.24) is 14.9 Å². The van der Waals surface area contributed by atoms with Gasteiger partial charge in [-0.1, -0.05) is 6.07 Å². The van der Waals surface area contributed by atoms with Gasteiger partial charge in [-0.3, -0.25) is 9.78 Å². The van der Waals surface area contributed by atoms with Gasteiger partial charge in [-0.05, 0) is 17.7 Å². The Morgan fingerprint density at radius 3 is 2.90 bits per heavy atom. The largest absolute Gasteiger partial charge is 0.333 e. The second kappa shape index (κ2) is 7.10. The van der Waals surface area contributed by atoms with E-state index in [2.05, 4.69) is 9.97 Å². The molecule has 0 aliphatic rings. The molecule has 0 aliphatic carbocycles. The molecule has 0 unspecified atom stereocenters. The summed E-state index contributed by atoms with van der Waals surface area (Å²) in [5, 5.41) is 8.71. The van der Waals surface area contributed by atoms with Crippen LogP contribution in [0.2, 0.25) is 0 Å². The quantitative estimate of drug-likeness (QED) is 0.789. The fourth-order valence-electron chi connectivity index (χ4n) is 1.87. The Morgan fingerprint density at radius 2 is 2.24 bits per heavy atom. The van der Waals surface area contributed by atoms with Gasteiger partial charge in [0, 0.05) is 43.3 Å². The third-order valence-corrected chi connectivity index (χ3v) is 2.85. The zero-order chi connectivity index (χ0) is 15.1. The Balaban J connectivity index is 2.19. The lowest BCUT2D eigenvalue weighted by Crippen LogP contribution is -2.31. The van der Waals surface area contributed by atoms with Crippen molar-refractivity contribution in [3.8, 4) is 6.07 Å². The van der Waals surface area contributed by atoms with Crippen molar-refractivity contribution in [1.29, 1.82) is 5.26 Å². The maximum atomic E-state index is 13.1. The summed E-state index contributed by atoms with van der Waals surface area (Å²) in [6.07, 6.45) is 4.75. The molecule has 2 aromatic rings. The van der Waals surface area contributed by atoms with Crippen molar-refractivity contribution < 1.29 is 9.18 Å². The van der Waals surface area contributed by atoms with Crippen LogP contribution in [0.3, 0.4) is 0 Å². The van der Waals surface area contributed by atoms with Crippen molar-refractivity contribution in [3.05, 3.63) is 59.9 Å². The van der Waals surface area contributed by atoms with E-state index < -0.39 is 5.95 Å². The van der Waals surface area contributed by atoms with Crippen molar-refractivity contribution in [2.24, 2.45) is 0 Å². The number of carbonyl (C=O) groups is 1. The monoisotopic (exact) mass is 284 g/mol. The van der Waals surface area contributed by atoms with Crippen molar-refractivity contribution in [2.75, 3.05) is 6.54 Å². The number of carbonyl (C=O) groups excluding carboxylic acids is 1. The van der Waals surface area contributed by atoms with Crippen LogP contribution in [0.25, 0.3) is 0 Å². The molecule has 0 fully saturated rings. The number of nitrogens with zero attached hydrogens (tertiary/aromatic N) is 4. The van der Waals surface area contributed by atoms with Gasteiger partial charge in [0.1, 0.15) is 0 Å². The second-order valence-electron chi connectivity index (χ2n) is 4.36. The molecule has 0 spiro atoms. The minimum atomic E-state index is -0.706. The molecular weight excluding hydrogens is 271 g/mol. The number of pyridine rings is 2. The van der Waals surface area contributed by atoms with E-state index >= 15 is 0 Å². The first kappa shape index (κ1) is 14.6. The maximum Gasteiger partial charge on any atom is 0.254 e. The highest BCUT2D eigenvalue weighted by atomic mass is 19.1. The first-order valence-electron chi connectivity index (χ1n) is 6.37. The Labute approximate surface area is 121 Å². The van der Waals surface area contributed by atoms with Gasteiger partial charge >= 0.3 is 0 Å². The summed E-state index contributed by atoms with van der Waals surface area (Å²) >= 11 is 0. The molecule has 5 nitrogen and oxygen atoms in total. The van der Waals surface area contributed by atoms with Gasteiger partial charge in [-0.2, -0.15) is 9.65 Å². The lowest BCUT2D eigenvalue weighted by molar-refractivity contribution is 0.0746. The van der Waals surface area contributed by atoms with Gasteiger partial charge in [0.25, 0.3) is 5.91 Å². The van der Waals surface area contributed by atoms with E-state index in [1.807, 2.05) is 12.1 Å². The Kier molecular flexibility index (Phi) is 4.94. The molecule has 2 heterocycles. The molecular formula is C15H13FN4O. The van der Waals surface area contributed by atoms with E-state index in [4.69, 9.17) is 5.26 Å². The summed E-state index contributed by atoms with van der Waals surface area (Å²) in [6.45, 7) is 0.590. The number of hydrogen-bond acceptors (Lipinski definition) is 4. The molecule has 2 aromatic heterocycles. The van der Waals surface area contributed by atoms with Crippen molar-refractivity contribution in [3.63, 3.8) is 0 Å². The normalized spacial score (nSPS) is 9.90. The molecule has 0 bridgehead atoms. The van der Waals surface area contributed by atoms with Crippen LogP contribution in [-0.4, -0.2) is 27.3 Å². The summed E-state index contributed by atoms with van der Waals surface area (Å²) in [7, 11) is 0. The van der Waals surface area contributed by atoms with Crippen LogP contribution in [0.5, 0.6) is 0 Å². The van der Waals surface area contributed by atoms with Crippen molar-refractivity contribution in [2.45, 2.75) is 13.0 Å². The third-order valence-electron chi connectivity index (χ3n) is 2.85. The fraction of sp³-hybridized carbons (Fsp3) is 0.200. The Bertz CT molecular complexity index is 654. The molecule has 106 valence electrons. The first-order chi connectivity index (χ1) is 10.2. The fourth-order valence-corrected chi connectivity index (χ4v) is 1.87. The average Bonchev–Trinajstić information content (AvgIpc) is 2.51. The van der Waals surface area contributed by atoms with Crippen LogP contribution in [0.15, 0.2) is 42.9 Å². The van der Waals surface area contributed by atoms with Crippen LogP contribution in [0.4, 0.5) is 4.39 Å². The summed E-state index contributed by atoms with van der Waals surface area (Å²) in [5.41, 5.74) is 1.06. The van der Waals surface area contributed by atoms with E-state index in [1.165, 1.54) is 17.2 Å². The molecule has 0 aliphatic heterocycles. The first-order valence-corrected chi connectivity index (χ1v) is 6.37. The van der Waals surface area contributed by atoms with Gasteiger partial charge in [-0.25, -0.2) is 4.98 Å². The van der Waals surface area contributed by atoms with Crippen LogP contribution >= 0.6 is 0 Å². The number of hydrogen-bond donors (Lipinski definition) is 0. The van der Waals surface area contributed by atoms with Crippen LogP contribution in [0, 0.1) is 17.3 Å². The average molecular weight is 284 g/mol. The van der Waals surface area contributed by atoms with Gasteiger partial charge in [-0.15, -0.1) is 0 Å². The molecule has 1 amide bonds. The molecule has 0 saturated carbocycles. The lowest BCUT2D eigenvalue weighted by atomic mass is 10.2. The highest BCUT2D eigenvalue weighted by Gasteiger charge is 2.16. The molecule has 0 aromatic carbocycles. The number of rotatable bonds is 5. The van der Waals surface area contributed by atoms with Crippen LogP contribution in [0.1, 0.15) is 22.3 Å². The number of nitriles is 1. The lowest BCUT2D eigenvalue weighted by Gasteiger charge is -2.21. The summed E-state index contributed by atoms with van der Waals surface area (Å²) in [4.78, 5) is 21.3. The summed E-state index contributed by atoms with van der Waals surface area (Å²) in [6, 6.07) is 8.16. The molecule has 21 heavy (non-hydrogen) atoms. The van der Waals surface area contributed by atoms with Crippen LogP contribution in [-0.2, 0) is 6.54 Å². The highest BCUT2D eigenvalue weighted by molar-refractivity contribution is 5.94. The van der Waals surface area contributed by atoms with E-state index in [0.717, 1.165) is 11.6 Å². The topological polar surface area (TPSA) is 69.9 Å².